The van der Waals surface area contributed by atoms with Crippen molar-refractivity contribution < 1.29 is 32.4 Å². The molecule has 0 bridgehead atoms. The second-order valence-electron chi connectivity index (χ2n) is 5.72. The van der Waals surface area contributed by atoms with Crippen molar-refractivity contribution >= 4 is 17.4 Å². The molecule has 0 radical (unpaired) electrons. The van der Waals surface area contributed by atoms with E-state index < -0.39 is 56.5 Å². The Kier molecular flexibility index (Phi) is 5.63. The molecule has 26 heavy (non-hydrogen) atoms. The van der Waals surface area contributed by atoms with Gasteiger partial charge in [0.05, 0.1) is 12.0 Å². The topological polar surface area (TPSA) is 98.5 Å². The smallest absolute Gasteiger partial charge is 0.343 e. The van der Waals surface area contributed by atoms with E-state index in [2.05, 4.69) is 10.1 Å². The molecule has 1 aromatic rings. The van der Waals surface area contributed by atoms with Gasteiger partial charge in [0.1, 0.15) is 17.0 Å². The van der Waals surface area contributed by atoms with Crippen LogP contribution in [0.4, 0.5) is 18.9 Å². The second kappa shape index (κ2) is 7.54. The Hall–Kier alpha value is -2.91. The van der Waals surface area contributed by atoms with E-state index in [4.69, 9.17) is 0 Å². The lowest BCUT2D eigenvalue weighted by Gasteiger charge is -2.25. The lowest BCUT2D eigenvalue weighted by molar-refractivity contribution is -0.388. The highest BCUT2D eigenvalue weighted by Crippen LogP contribution is 2.32. The molecule has 0 saturated heterocycles. The van der Waals surface area contributed by atoms with Crippen LogP contribution in [-0.4, -0.2) is 29.8 Å². The van der Waals surface area contributed by atoms with Crippen molar-refractivity contribution in [3.63, 3.8) is 0 Å². The summed E-state index contributed by atoms with van der Waals surface area (Å²) in [7, 11) is 0.952. The van der Waals surface area contributed by atoms with Crippen LogP contribution < -0.4 is 5.32 Å². The zero-order valence-corrected chi connectivity index (χ0v) is 13.9. The first-order chi connectivity index (χ1) is 12.2. The maximum absolute atomic E-state index is 14.4. The van der Waals surface area contributed by atoms with Gasteiger partial charge in [0.2, 0.25) is 11.6 Å². The summed E-state index contributed by atoms with van der Waals surface area (Å²) >= 11 is 0. The van der Waals surface area contributed by atoms with Gasteiger partial charge in [-0.25, -0.2) is 13.6 Å². The number of nitro groups is 1. The van der Waals surface area contributed by atoms with Gasteiger partial charge in [-0.3, -0.25) is 14.9 Å². The standard InChI is InChI=1S/C16H15F3N2O5/c1-7-11(17)10(14(21(24)25)13(19)12(7)18)15(22)9(16(23)26-2)6-20-8-4-3-5-8/h6,8,20H,3-5H2,1-2H3. The molecular weight excluding hydrogens is 357 g/mol. The van der Waals surface area contributed by atoms with Crippen LogP contribution in [-0.2, 0) is 9.53 Å². The van der Waals surface area contributed by atoms with Crippen molar-refractivity contribution in [1.29, 1.82) is 0 Å². The average molecular weight is 372 g/mol. The number of carbonyl (C=O) groups excluding carboxylic acids is 2. The Bertz CT molecular complexity index is 819. The number of rotatable bonds is 6. The summed E-state index contributed by atoms with van der Waals surface area (Å²) in [6.45, 7) is 0.822. The third-order valence-electron chi connectivity index (χ3n) is 4.14. The van der Waals surface area contributed by atoms with Gasteiger partial charge in [-0.15, -0.1) is 0 Å². The van der Waals surface area contributed by atoms with E-state index in [-0.39, 0.29) is 6.04 Å². The van der Waals surface area contributed by atoms with Crippen molar-refractivity contribution in [3.8, 4) is 0 Å². The molecular formula is C16H15F3N2O5. The van der Waals surface area contributed by atoms with Gasteiger partial charge in [0, 0.05) is 17.8 Å². The van der Waals surface area contributed by atoms with E-state index in [1.807, 2.05) is 0 Å². The summed E-state index contributed by atoms with van der Waals surface area (Å²) in [4.78, 5) is 34.1. The molecule has 2 rings (SSSR count). The first-order valence-corrected chi connectivity index (χ1v) is 7.61. The quantitative estimate of drug-likeness (QED) is 0.120. The third-order valence-corrected chi connectivity index (χ3v) is 4.14. The lowest BCUT2D eigenvalue weighted by Crippen LogP contribution is -2.33. The molecule has 0 atom stereocenters. The number of nitro benzene ring substituents is 1. The monoisotopic (exact) mass is 372 g/mol. The van der Waals surface area contributed by atoms with Crippen molar-refractivity contribution in [3.05, 3.63) is 50.5 Å². The van der Waals surface area contributed by atoms with Gasteiger partial charge in [-0.2, -0.15) is 4.39 Å². The first-order valence-electron chi connectivity index (χ1n) is 7.61. The number of hydrogen-bond donors (Lipinski definition) is 1. The van der Waals surface area contributed by atoms with Gasteiger partial charge in [0.25, 0.3) is 0 Å². The minimum atomic E-state index is -1.98. The molecule has 0 unspecified atom stereocenters. The fourth-order valence-corrected chi connectivity index (χ4v) is 2.38. The normalized spacial score (nSPS) is 14.6. The SMILES string of the molecule is COC(=O)C(=CNC1CCC1)C(=O)c1c(F)c(C)c(F)c(F)c1[N+](=O)[O-]. The fourth-order valence-electron chi connectivity index (χ4n) is 2.38. The first kappa shape index (κ1) is 19.4. The molecule has 0 heterocycles. The Balaban J connectivity index is 2.61. The third kappa shape index (κ3) is 3.39. The van der Waals surface area contributed by atoms with E-state index in [0.29, 0.717) is 0 Å². The van der Waals surface area contributed by atoms with Crippen LogP contribution in [0.2, 0.25) is 0 Å². The van der Waals surface area contributed by atoms with Crippen LogP contribution in [0.5, 0.6) is 0 Å². The molecule has 0 spiro atoms. The molecule has 10 heteroatoms. The summed E-state index contributed by atoms with van der Waals surface area (Å²) in [5.74, 6) is -8.04. The number of benzene rings is 1. The maximum Gasteiger partial charge on any atom is 0.343 e. The number of carbonyl (C=O) groups is 2. The average Bonchev–Trinajstić information content (AvgIpc) is 2.56. The predicted octanol–water partition coefficient (Wildman–Crippen LogP) is 2.70. The summed E-state index contributed by atoms with van der Waals surface area (Å²) in [5.41, 5.74) is -4.67. The lowest BCUT2D eigenvalue weighted by atomic mass is 9.93. The highest BCUT2D eigenvalue weighted by Gasteiger charge is 2.37. The van der Waals surface area contributed by atoms with Gasteiger partial charge >= 0.3 is 11.7 Å². The van der Waals surface area contributed by atoms with Crippen molar-refractivity contribution in [1.82, 2.24) is 5.32 Å². The van der Waals surface area contributed by atoms with Crippen molar-refractivity contribution in [2.75, 3.05) is 7.11 Å². The van der Waals surface area contributed by atoms with Crippen molar-refractivity contribution in [2.45, 2.75) is 32.2 Å². The van der Waals surface area contributed by atoms with Crippen LogP contribution in [0.25, 0.3) is 0 Å². The molecule has 1 aliphatic carbocycles. The molecule has 7 nitrogen and oxygen atoms in total. The van der Waals surface area contributed by atoms with Crippen LogP contribution in [0.1, 0.15) is 35.2 Å². The van der Waals surface area contributed by atoms with Crippen molar-refractivity contribution in [2.24, 2.45) is 0 Å². The Morgan fingerprint density at radius 2 is 1.85 bits per heavy atom. The zero-order valence-electron chi connectivity index (χ0n) is 13.9. The minimum absolute atomic E-state index is 0.0195. The Labute approximate surface area is 146 Å². The van der Waals surface area contributed by atoms with Gasteiger partial charge in [-0.05, 0) is 26.2 Å². The van der Waals surface area contributed by atoms with Crippen LogP contribution in [0.15, 0.2) is 11.8 Å². The Morgan fingerprint density at radius 3 is 2.31 bits per heavy atom. The van der Waals surface area contributed by atoms with E-state index >= 15 is 0 Å². The molecule has 0 aromatic heterocycles. The van der Waals surface area contributed by atoms with E-state index in [1.54, 1.807) is 0 Å². The number of nitrogens with one attached hydrogen (secondary N) is 1. The number of halogens is 3. The van der Waals surface area contributed by atoms with Gasteiger partial charge < -0.3 is 10.1 Å². The molecule has 0 amide bonds. The maximum atomic E-state index is 14.4. The summed E-state index contributed by atoms with van der Waals surface area (Å²) in [6, 6.07) is -0.0195. The highest BCUT2D eigenvalue weighted by molar-refractivity contribution is 6.25. The number of ether oxygens (including phenoxy) is 1. The summed E-state index contributed by atoms with van der Waals surface area (Å²) in [6.07, 6.45) is 3.45. The molecule has 1 N–H and O–H groups in total. The second-order valence-corrected chi connectivity index (χ2v) is 5.72. The van der Waals surface area contributed by atoms with Gasteiger partial charge in [-0.1, -0.05) is 0 Å². The highest BCUT2D eigenvalue weighted by atomic mass is 19.2. The predicted molar refractivity (Wildman–Crippen MR) is 82.9 cm³/mol. The van der Waals surface area contributed by atoms with Crippen LogP contribution in [0.3, 0.4) is 0 Å². The number of methoxy groups -OCH3 is 1. The molecule has 1 aromatic carbocycles. The Morgan fingerprint density at radius 1 is 1.23 bits per heavy atom. The zero-order chi connectivity index (χ0) is 19.6. The number of Topliss-reactive ketones (excluding diaryl/α,β-unsaturated/α-hetero) is 1. The number of hydrogen-bond acceptors (Lipinski definition) is 6. The van der Waals surface area contributed by atoms with Gasteiger partial charge in [0.15, 0.2) is 5.82 Å². The minimum Gasteiger partial charge on any atom is -0.465 e. The number of nitrogens with zero attached hydrogens (tertiary/aromatic N) is 1. The van der Waals surface area contributed by atoms with Crippen LogP contribution in [0, 0.1) is 34.5 Å². The molecule has 1 saturated carbocycles. The largest absolute Gasteiger partial charge is 0.465 e. The molecule has 140 valence electrons. The number of esters is 1. The molecule has 1 aliphatic rings. The number of ketones is 1. The summed E-state index contributed by atoms with van der Waals surface area (Å²) < 4.78 is 46.4. The van der Waals surface area contributed by atoms with E-state index in [1.165, 1.54) is 0 Å². The van der Waals surface area contributed by atoms with Crippen LogP contribution >= 0.6 is 0 Å². The molecule has 0 aliphatic heterocycles. The fraction of sp³-hybridized carbons (Fsp3) is 0.375. The summed E-state index contributed by atoms with van der Waals surface area (Å²) in [5, 5.41) is 13.8. The van der Waals surface area contributed by atoms with E-state index in [0.717, 1.165) is 39.5 Å². The molecule has 1 fully saturated rings. The van der Waals surface area contributed by atoms with E-state index in [9.17, 15) is 32.9 Å².